The Morgan fingerprint density at radius 3 is 2.47 bits per heavy atom. The number of rotatable bonds is 3. The molecule has 1 rings (SSSR count). The summed E-state index contributed by atoms with van der Waals surface area (Å²) in [6, 6.07) is 2.59. The largest absolute Gasteiger partial charge is 0.385 e. The fourth-order valence-corrected chi connectivity index (χ4v) is 1.15. The Balaban J connectivity index is 3.05. The van der Waals surface area contributed by atoms with Crippen molar-refractivity contribution in [2.75, 3.05) is 0 Å². The highest BCUT2D eigenvalue weighted by Crippen LogP contribution is 2.15. The first-order valence-corrected chi connectivity index (χ1v) is 4.61. The molecule has 1 atom stereocenters. The van der Waals surface area contributed by atoms with Crippen LogP contribution in [-0.2, 0) is 0 Å². The van der Waals surface area contributed by atoms with Crippen molar-refractivity contribution in [1.29, 1.82) is 0 Å². The number of hydrogen-bond donors (Lipinski definition) is 1. The van der Waals surface area contributed by atoms with E-state index in [1.807, 2.05) is 0 Å². The molecule has 0 aliphatic rings. The lowest BCUT2D eigenvalue weighted by Gasteiger charge is -2.13. The monoisotopic (exact) mass is 214 g/mol. The summed E-state index contributed by atoms with van der Waals surface area (Å²) in [7, 11) is 0. The predicted octanol–water partition coefficient (Wildman–Crippen LogP) is 2.16. The fourth-order valence-electron chi connectivity index (χ4n) is 1.15. The number of ketones is 1. The molecule has 0 aromatic heterocycles. The zero-order chi connectivity index (χ0) is 11.6. The van der Waals surface area contributed by atoms with Gasteiger partial charge in [0.15, 0.2) is 5.78 Å². The van der Waals surface area contributed by atoms with Crippen LogP contribution in [-0.4, -0.2) is 17.0 Å². The first kappa shape index (κ1) is 11.8. The van der Waals surface area contributed by atoms with E-state index in [4.69, 9.17) is 0 Å². The molecule has 0 heterocycles. The molecule has 1 aromatic carbocycles. The van der Waals surface area contributed by atoms with E-state index in [0.29, 0.717) is 0 Å². The van der Waals surface area contributed by atoms with Crippen LogP contribution in [0.25, 0.3) is 0 Å². The lowest BCUT2D eigenvalue weighted by atomic mass is 9.97. The maximum absolute atomic E-state index is 13.1. The van der Waals surface area contributed by atoms with Gasteiger partial charge in [-0.3, -0.25) is 4.79 Å². The van der Waals surface area contributed by atoms with Gasteiger partial charge < -0.3 is 5.11 Å². The molecule has 1 unspecified atom stereocenters. The molecular weight excluding hydrogens is 202 g/mol. The molecule has 15 heavy (non-hydrogen) atoms. The topological polar surface area (TPSA) is 37.3 Å². The van der Waals surface area contributed by atoms with Crippen LogP contribution >= 0.6 is 0 Å². The Hall–Kier alpha value is -1.29. The summed E-state index contributed by atoms with van der Waals surface area (Å²) in [4.78, 5) is 11.5. The molecule has 4 heteroatoms. The van der Waals surface area contributed by atoms with Crippen LogP contribution in [0.2, 0.25) is 0 Å². The fraction of sp³-hybridized carbons (Fsp3) is 0.364. The SMILES string of the molecule is CC(C)C(O)C(=O)c1cc(F)ccc1F. The number of Topliss-reactive ketones (excluding diaryl/α,β-unsaturated/α-hetero) is 1. The van der Waals surface area contributed by atoms with Crippen molar-refractivity contribution in [3.63, 3.8) is 0 Å². The van der Waals surface area contributed by atoms with Crippen molar-refractivity contribution in [3.8, 4) is 0 Å². The summed E-state index contributed by atoms with van der Waals surface area (Å²) < 4.78 is 25.9. The van der Waals surface area contributed by atoms with E-state index in [0.717, 1.165) is 18.2 Å². The Kier molecular flexibility index (Phi) is 3.52. The van der Waals surface area contributed by atoms with Crippen molar-refractivity contribution < 1.29 is 18.7 Å². The molecule has 0 bridgehead atoms. The minimum Gasteiger partial charge on any atom is -0.385 e. The van der Waals surface area contributed by atoms with Gasteiger partial charge in [-0.1, -0.05) is 13.8 Å². The normalized spacial score (nSPS) is 12.9. The van der Waals surface area contributed by atoms with E-state index >= 15 is 0 Å². The van der Waals surface area contributed by atoms with Gasteiger partial charge >= 0.3 is 0 Å². The van der Waals surface area contributed by atoms with Crippen LogP contribution in [0.1, 0.15) is 24.2 Å². The molecule has 2 nitrogen and oxygen atoms in total. The maximum atomic E-state index is 13.1. The molecule has 0 fully saturated rings. The third kappa shape index (κ3) is 2.59. The second kappa shape index (κ2) is 4.49. The molecule has 1 N–H and O–H groups in total. The second-order valence-electron chi connectivity index (χ2n) is 3.68. The van der Waals surface area contributed by atoms with Gasteiger partial charge in [0, 0.05) is 0 Å². The number of carbonyl (C=O) groups excluding carboxylic acids is 1. The van der Waals surface area contributed by atoms with Gasteiger partial charge in [0.2, 0.25) is 0 Å². The summed E-state index contributed by atoms with van der Waals surface area (Å²) in [5, 5.41) is 9.43. The van der Waals surface area contributed by atoms with Crippen molar-refractivity contribution in [3.05, 3.63) is 35.4 Å². The molecular formula is C11H12F2O2. The van der Waals surface area contributed by atoms with Gasteiger partial charge in [0.1, 0.15) is 17.7 Å². The predicted molar refractivity (Wildman–Crippen MR) is 51.5 cm³/mol. The standard InChI is InChI=1S/C11H12F2O2/c1-6(2)10(14)11(15)8-5-7(12)3-4-9(8)13/h3-6,10,14H,1-2H3. The summed E-state index contributed by atoms with van der Waals surface area (Å²) in [6.07, 6.45) is -1.30. The van der Waals surface area contributed by atoms with E-state index in [9.17, 15) is 18.7 Å². The van der Waals surface area contributed by atoms with Gasteiger partial charge in [-0.05, 0) is 24.1 Å². The molecule has 0 amide bonds. The van der Waals surface area contributed by atoms with Crippen molar-refractivity contribution in [1.82, 2.24) is 0 Å². The molecule has 82 valence electrons. The highest BCUT2D eigenvalue weighted by Gasteiger charge is 2.23. The zero-order valence-corrected chi connectivity index (χ0v) is 8.50. The van der Waals surface area contributed by atoms with Crippen molar-refractivity contribution >= 4 is 5.78 Å². The average molecular weight is 214 g/mol. The van der Waals surface area contributed by atoms with E-state index < -0.39 is 29.1 Å². The quantitative estimate of drug-likeness (QED) is 0.783. The first-order valence-electron chi connectivity index (χ1n) is 4.61. The minimum atomic E-state index is -1.30. The van der Waals surface area contributed by atoms with E-state index in [1.165, 1.54) is 0 Å². The van der Waals surface area contributed by atoms with Crippen LogP contribution in [0, 0.1) is 17.6 Å². The van der Waals surface area contributed by atoms with Crippen LogP contribution < -0.4 is 0 Å². The van der Waals surface area contributed by atoms with Gasteiger partial charge in [-0.25, -0.2) is 8.78 Å². The highest BCUT2D eigenvalue weighted by molar-refractivity contribution is 5.99. The van der Waals surface area contributed by atoms with Crippen LogP contribution in [0.5, 0.6) is 0 Å². The molecule has 0 radical (unpaired) electrons. The Bertz CT molecular complexity index is 375. The summed E-state index contributed by atoms with van der Waals surface area (Å²) in [5.41, 5.74) is -0.406. The second-order valence-corrected chi connectivity index (χ2v) is 3.68. The highest BCUT2D eigenvalue weighted by atomic mass is 19.1. The average Bonchev–Trinajstić information content (AvgIpc) is 2.19. The molecule has 0 spiro atoms. The van der Waals surface area contributed by atoms with Gasteiger partial charge in [0.25, 0.3) is 0 Å². The molecule has 0 saturated carbocycles. The number of carbonyl (C=O) groups is 1. The van der Waals surface area contributed by atoms with Crippen molar-refractivity contribution in [2.24, 2.45) is 5.92 Å². The molecule has 0 aliphatic carbocycles. The van der Waals surface area contributed by atoms with Crippen LogP contribution in [0.4, 0.5) is 8.78 Å². The van der Waals surface area contributed by atoms with E-state index in [1.54, 1.807) is 13.8 Å². The molecule has 1 aromatic rings. The lowest BCUT2D eigenvalue weighted by molar-refractivity contribution is 0.0643. The smallest absolute Gasteiger partial charge is 0.194 e. The third-order valence-electron chi connectivity index (χ3n) is 2.09. The minimum absolute atomic E-state index is 0.333. The number of aliphatic hydroxyl groups excluding tert-OH is 1. The molecule has 0 saturated heterocycles. The van der Waals surface area contributed by atoms with Crippen LogP contribution in [0.15, 0.2) is 18.2 Å². The number of halogens is 2. The van der Waals surface area contributed by atoms with Gasteiger partial charge in [-0.2, -0.15) is 0 Å². The lowest BCUT2D eigenvalue weighted by Crippen LogP contribution is -2.27. The third-order valence-corrected chi connectivity index (χ3v) is 2.09. The van der Waals surface area contributed by atoms with E-state index in [-0.39, 0.29) is 5.92 Å². The number of benzene rings is 1. The summed E-state index contributed by atoms with van der Waals surface area (Å²) in [6.45, 7) is 3.25. The maximum Gasteiger partial charge on any atom is 0.194 e. The van der Waals surface area contributed by atoms with E-state index in [2.05, 4.69) is 0 Å². The van der Waals surface area contributed by atoms with Gasteiger partial charge in [0.05, 0.1) is 5.56 Å². The zero-order valence-electron chi connectivity index (χ0n) is 8.50. The Labute approximate surface area is 86.5 Å². The number of hydrogen-bond acceptors (Lipinski definition) is 2. The summed E-state index contributed by atoms with van der Waals surface area (Å²) >= 11 is 0. The van der Waals surface area contributed by atoms with Gasteiger partial charge in [-0.15, -0.1) is 0 Å². The Morgan fingerprint density at radius 2 is 1.93 bits per heavy atom. The summed E-state index contributed by atoms with van der Waals surface area (Å²) in [5.74, 6) is -2.64. The first-order chi connectivity index (χ1) is 6.93. The Morgan fingerprint density at radius 1 is 1.33 bits per heavy atom. The van der Waals surface area contributed by atoms with Crippen molar-refractivity contribution in [2.45, 2.75) is 20.0 Å². The molecule has 0 aliphatic heterocycles. The number of aliphatic hydroxyl groups is 1. The van der Waals surface area contributed by atoms with Crippen LogP contribution in [0.3, 0.4) is 0 Å².